The van der Waals surface area contributed by atoms with Crippen molar-refractivity contribution in [3.8, 4) is 0 Å². The molecule has 1 aliphatic heterocycles. The van der Waals surface area contributed by atoms with Gasteiger partial charge in [0.2, 0.25) is 0 Å². The Balaban J connectivity index is 1.97. The van der Waals surface area contributed by atoms with Gasteiger partial charge >= 0.3 is 0 Å². The number of carbonyl (C=O) groups excluding carboxylic acids is 1. The van der Waals surface area contributed by atoms with Crippen molar-refractivity contribution < 1.29 is 13.7 Å². The molecule has 0 N–H and O–H groups in total. The molecule has 1 aliphatic rings. The fraction of sp³-hybridized carbons (Fsp3) is 0.533. The third-order valence-electron chi connectivity index (χ3n) is 3.47. The summed E-state index contributed by atoms with van der Waals surface area (Å²) in [6.07, 6.45) is 0.766. The van der Waals surface area contributed by atoms with E-state index >= 15 is 0 Å². The molecular weight excluding hydrogens is 260 g/mol. The lowest BCUT2D eigenvalue weighted by atomic mass is 10.0. The summed E-state index contributed by atoms with van der Waals surface area (Å²) < 4.78 is 17.3. The van der Waals surface area contributed by atoms with Crippen LogP contribution in [0.25, 0.3) is 0 Å². The highest BCUT2D eigenvalue weighted by Crippen LogP contribution is 2.18. The summed E-state index contributed by atoms with van der Waals surface area (Å²) in [5, 5.41) is 0. The Hall–Kier alpha value is -1.00. The first kappa shape index (κ1) is 14.4. The predicted molar refractivity (Wildman–Crippen MR) is 75.7 cm³/mol. The SMILES string of the molecule is CC(C)c1ccc(S(=O)CC(=O)C2CCOC2)cc1. The lowest BCUT2D eigenvalue weighted by Gasteiger charge is -2.08. The first-order valence-corrected chi connectivity index (χ1v) is 7.98. The van der Waals surface area contributed by atoms with Crippen molar-refractivity contribution in [3.63, 3.8) is 0 Å². The first-order chi connectivity index (χ1) is 9.08. The minimum absolute atomic E-state index is 0.0566. The van der Waals surface area contributed by atoms with Gasteiger partial charge in [-0.3, -0.25) is 9.00 Å². The molecule has 1 aromatic rings. The number of rotatable bonds is 5. The second kappa shape index (κ2) is 6.44. The molecule has 0 bridgehead atoms. The molecule has 1 saturated heterocycles. The van der Waals surface area contributed by atoms with Crippen LogP contribution in [0.2, 0.25) is 0 Å². The van der Waals surface area contributed by atoms with Gasteiger partial charge in [0.1, 0.15) is 0 Å². The Kier molecular flexibility index (Phi) is 4.88. The van der Waals surface area contributed by atoms with Crippen molar-refractivity contribution in [1.29, 1.82) is 0 Å². The van der Waals surface area contributed by atoms with Crippen LogP contribution in [0.4, 0.5) is 0 Å². The Morgan fingerprint density at radius 2 is 2.05 bits per heavy atom. The molecule has 2 rings (SSSR count). The summed E-state index contributed by atoms with van der Waals surface area (Å²) in [4.78, 5) is 12.7. The van der Waals surface area contributed by atoms with E-state index in [0.29, 0.717) is 19.1 Å². The van der Waals surface area contributed by atoms with Gasteiger partial charge in [0, 0.05) is 17.4 Å². The molecule has 2 atom stereocenters. The quantitative estimate of drug-likeness (QED) is 0.832. The largest absolute Gasteiger partial charge is 0.381 e. The van der Waals surface area contributed by atoms with E-state index in [2.05, 4.69) is 13.8 Å². The summed E-state index contributed by atoms with van der Waals surface area (Å²) in [5.74, 6) is 0.567. The van der Waals surface area contributed by atoms with Crippen molar-refractivity contribution in [3.05, 3.63) is 29.8 Å². The predicted octanol–water partition coefficient (Wildman–Crippen LogP) is 2.52. The van der Waals surface area contributed by atoms with Crippen LogP contribution < -0.4 is 0 Å². The average molecular weight is 280 g/mol. The molecule has 19 heavy (non-hydrogen) atoms. The molecule has 0 radical (unpaired) electrons. The van der Waals surface area contributed by atoms with Gasteiger partial charge in [0.25, 0.3) is 0 Å². The van der Waals surface area contributed by atoms with Gasteiger partial charge in [-0.15, -0.1) is 0 Å². The fourth-order valence-electron chi connectivity index (χ4n) is 2.12. The van der Waals surface area contributed by atoms with Crippen molar-refractivity contribution in [2.75, 3.05) is 19.0 Å². The summed E-state index contributed by atoms with van der Waals surface area (Å²) >= 11 is 0. The van der Waals surface area contributed by atoms with Crippen LogP contribution in [0, 0.1) is 5.92 Å². The maximum atomic E-state index is 12.1. The summed E-state index contributed by atoms with van der Waals surface area (Å²) in [6.45, 7) is 5.37. The van der Waals surface area contributed by atoms with Gasteiger partial charge in [0.15, 0.2) is 5.78 Å². The number of ether oxygens (including phenoxy) is 1. The summed E-state index contributed by atoms with van der Waals surface area (Å²) in [5.41, 5.74) is 1.22. The molecule has 104 valence electrons. The van der Waals surface area contributed by atoms with Gasteiger partial charge in [-0.25, -0.2) is 0 Å². The number of carbonyl (C=O) groups is 1. The molecule has 1 aromatic carbocycles. The average Bonchev–Trinajstić information content (AvgIpc) is 2.92. The van der Waals surface area contributed by atoms with Gasteiger partial charge in [-0.05, 0) is 30.0 Å². The number of benzene rings is 1. The number of ketones is 1. The van der Waals surface area contributed by atoms with E-state index in [1.54, 1.807) is 0 Å². The molecule has 4 heteroatoms. The van der Waals surface area contributed by atoms with Gasteiger partial charge in [0.05, 0.1) is 23.2 Å². The molecule has 0 aromatic heterocycles. The van der Waals surface area contributed by atoms with E-state index < -0.39 is 10.8 Å². The topological polar surface area (TPSA) is 43.4 Å². The van der Waals surface area contributed by atoms with Crippen molar-refractivity contribution >= 4 is 16.6 Å². The van der Waals surface area contributed by atoms with Gasteiger partial charge in [-0.1, -0.05) is 26.0 Å². The molecule has 3 nitrogen and oxygen atoms in total. The molecule has 0 amide bonds. The zero-order chi connectivity index (χ0) is 13.8. The lowest BCUT2D eigenvalue weighted by molar-refractivity contribution is -0.120. The van der Waals surface area contributed by atoms with Gasteiger partial charge < -0.3 is 4.74 Å². The van der Waals surface area contributed by atoms with Crippen molar-refractivity contribution in [2.45, 2.75) is 31.1 Å². The zero-order valence-electron chi connectivity index (χ0n) is 11.4. The Bertz CT molecular complexity index is 459. The summed E-state index contributed by atoms with van der Waals surface area (Å²) in [6, 6.07) is 7.70. The molecule has 2 unspecified atom stereocenters. The fourth-order valence-corrected chi connectivity index (χ4v) is 3.22. The first-order valence-electron chi connectivity index (χ1n) is 6.66. The minimum Gasteiger partial charge on any atom is -0.381 e. The van der Waals surface area contributed by atoms with Crippen LogP contribution in [0.3, 0.4) is 0 Å². The van der Waals surface area contributed by atoms with Crippen LogP contribution >= 0.6 is 0 Å². The third kappa shape index (κ3) is 3.74. The third-order valence-corrected chi connectivity index (χ3v) is 4.81. The standard InChI is InChI=1S/C15H20O3S/c1-11(2)12-3-5-14(6-4-12)19(17)10-15(16)13-7-8-18-9-13/h3-6,11,13H,7-10H2,1-2H3. The van der Waals surface area contributed by atoms with E-state index in [0.717, 1.165) is 11.3 Å². The molecule has 1 heterocycles. The normalized spacial score (nSPS) is 20.7. The minimum atomic E-state index is -1.24. The van der Waals surface area contributed by atoms with Crippen molar-refractivity contribution in [2.24, 2.45) is 5.92 Å². The van der Waals surface area contributed by atoms with E-state index in [9.17, 15) is 9.00 Å². The maximum Gasteiger partial charge on any atom is 0.151 e. The lowest BCUT2D eigenvalue weighted by Crippen LogP contribution is -2.21. The highest BCUT2D eigenvalue weighted by molar-refractivity contribution is 7.85. The Labute approximate surface area is 116 Å². The van der Waals surface area contributed by atoms with Crippen molar-refractivity contribution in [1.82, 2.24) is 0 Å². The molecule has 0 saturated carbocycles. The zero-order valence-corrected chi connectivity index (χ0v) is 12.2. The van der Waals surface area contributed by atoms with E-state index in [1.807, 2.05) is 24.3 Å². The van der Waals surface area contributed by atoms with E-state index in [1.165, 1.54) is 5.56 Å². The number of hydrogen-bond donors (Lipinski definition) is 0. The Morgan fingerprint density at radius 3 is 2.58 bits per heavy atom. The highest BCUT2D eigenvalue weighted by Gasteiger charge is 2.25. The second-order valence-corrected chi connectivity index (χ2v) is 6.69. The summed E-state index contributed by atoms with van der Waals surface area (Å²) in [7, 11) is -1.24. The second-order valence-electron chi connectivity index (χ2n) is 5.24. The van der Waals surface area contributed by atoms with Crippen LogP contribution in [0.5, 0.6) is 0 Å². The monoisotopic (exact) mass is 280 g/mol. The van der Waals surface area contributed by atoms with E-state index in [-0.39, 0.29) is 17.5 Å². The van der Waals surface area contributed by atoms with Crippen LogP contribution in [0.1, 0.15) is 31.7 Å². The van der Waals surface area contributed by atoms with Crippen LogP contribution in [-0.2, 0) is 20.3 Å². The van der Waals surface area contributed by atoms with Gasteiger partial charge in [-0.2, -0.15) is 0 Å². The molecule has 1 fully saturated rings. The molecule has 0 aliphatic carbocycles. The van der Waals surface area contributed by atoms with Crippen LogP contribution in [-0.4, -0.2) is 29.0 Å². The van der Waals surface area contributed by atoms with Crippen LogP contribution in [0.15, 0.2) is 29.2 Å². The molecule has 0 spiro atoms. The molecular formula is C15H20O3S. The highest BCUT2D eigenvalue weighted by atomic mass is 32.2. The number of hydrogen-bond acceptors (Lipinski definition) is 3. The van der Waals surface area contributed by atoms with E-state index in [4.69, 9.17) is 4.74 Å². The number of Topliss-reactive ketones (excluding diaryl/α,β-unsaturated/α-hetero) is 1. The maximum absolute atomic E-state index is 12.1. The Morgan fingerprint density at radius 1 is 1.37 bits per heavy atom. The smallest absolute Gasteiger partial charge is 0.151 e.